The van der Waals surface area contributed by atoms with E-state index in [4.69, 9.17) is 11.6 Å². The number of thioether (sulfide) groups is 1. The topological polar surface area (TPSA) is 103 Å². The number of aliphatic imine (C=N–C) groups is 1. The highest BCUT2D eigenvalue weighted by molar-refractivity contribution is 8.15. The average molecular weight is 618 g/mol. The van der Waals surface area contributed by atoms with Crippen LogP contribution in [0, 0.1) is 0 Å². The lowest BCUT2D eigenvalue weighted by atomic mass is 10.0. The van der Waals surface area contributed by atoms with Crippen molar-refractivity contribution in [1.29, 1.82) is 0 Å². The van der Waals surface area contributed by atoms with Crippen LogP contribution in [-0.4, -0.2) is 35.4 Å². The molecule has 3 aromatic rings. The number of hydrogen-bond acceptors (Lipinski definition) is 4. The SMILES string of the molecule is CC(C)c1ccc(Cl)cc1N1C(=O)CS/C1=N\C(=O)NCCc1ccc(NC(=O)Nc2ccc(C(F)(F)F)cc2)cc1. The fraction of sp³-hybridized carbons (Fsp3) is 0.241. The van der Waals surface area contributed by atoms with Crippen molar-refractivity contribution in [2.45, 2.75) is 32.4 Å². The molecule has 0 bridgehead atoms. The van der Waals surface area contributed by atoms with Gasteiger partial charge in [0.1, 0.15) is 0 Å². The van der Waals surface area contributed by atoms with Gasteiger partial charge in [0, 0.05) is 22.9 Å². The molecule has 0 radical (unpaired) electrons. The monoisotopic (exact) mass is 617 g/mol. The van der Waals surface area contributed by atoms with Gasteiger partial charge in [0.05, 0.1) is 17.0 Å². The summed E-state index contributed by atoms with van der Waals surface area (Å²) >= 11 is 7.38. The van der Waals surface area contributed by atoms with Crippen LogP contribution in [0.15, 0.2) is 71.7 Å². The average Bonchev–Trinajstić information content (AvgIpc) is 3.28. The Kier molecular flexibility index (Phi) is 9.79. The van der Waals surface area contributed by atoms with Gasteiger partial charge in [0.2, 0.25) is 5.91 Å². The molecule has 0 aliphatic carbocycles. The molecular weight excluding hydrogens is 591 g/mol. The van der Waals surface area contributed by atoms with Crippen molar-refractivity contribution in [3.8, 4) is 0 Å². The number of hydrogen-bond donors (Lipinski definition) is 3. The quantitative estimate of drug-likeness (QED) is 0.255. The van der Waals surface area contributed by atoms with Crippen LogP contribution in [-0.2, 0) is 17.4 Å². The van der Waals surface area contributed by atoms with E-state index in [1.807, 2.05) is 19.9 Å². The van der Waals surface area contributed by atoms with Gasteiger partial charge in [-0.3, -0.25) is 9.69 Å². The number of amidine groups is 1. The molecule has 0 aromatic heterocycles. The van der Waals surface area contributed by atoms with Gasteiger partial charge in [-0.1, -0.05) is 55.4 Å². The number of benzene rings is 3. The maximum atomic E-state index is 12.7. The minimum atomic E-state index is -4.45. The predicted molar refractivity (Wildman–Crippen MR) is 161 cm³/mol. The van der Waals surface area contributed by atoms with Crippen LogP contribution in [0.25, 0.3) is 0 Å². The van der Waals surface area contributed by atoms with Crippen LogP contribution in [0.4, 0.5) is 39.8 Å². The highest BCUT2D eigenvalue weighted by Crippen LogP contribution is 2.35. The molecular formula is C29H27ClF3N5O3S. The van der Waals surface area contributed by atoms with Gasteiger partial charge < -0.3 is 16.0 Å². The Bertz CT molecular complexity index is 1500. The Labute approximate surface area is 249 Å². The Morgan fingerprint density at radius 2 is 1.62 bits per heavy atom. The fourth-order valence-electron chi connectivity index (χ4n) is 4.11. The number of nitrogens with zero attached hydrogens (tertiary/aromatic N) is 2. The molecule has 13 heteroatoms. The molecule has 3 aromatic carbocycles. The smallest absolute Gasteiger partial charge is 0.336 e. The Balaban J connectivity index is 1.29. The van der Waals surface area contributed by atoms with E-state index in [1.165, 1.54) is 28.8 Å². The zero-order valence-electron chi connectivity index (χ0n) is 22.6. The van der Waals surface area contributed by atoms with E-state index in [2.05, 4.69) is 20.9 Å². The van der Waals surface area contributed by atoms with E-state index >= 15 is 0 Å². The molecule has 1 aliphatic rings. The van der Waals surface area contributed by atoms with Crippen molar-refractivity contribution >= 4 is 63.6 Å². The number of anilines is 3. The summed E-state index contributed by atoms with van der Waals surface area (Å²) in [6, 6.07) is 15.1. The first-order valence-corrected chi connectivity index (χ1v) is 14.2. The number of urea groups is 2. The van der Waals surface area contributed by atoms with Gasteiger partial charge in [-0.05, 0) is 72.0 Å². The third kappa shape index (κ3) is 8.04. The van der Waals surface area contributed by atoms with Gasteiger partial charge in [0.25, 0.3) is 0 Å². The first-order chi connectivity index (χ1) is 19.9. The van der Waals surface area contributed by atoms with E-state index in [1.54, 1.807) is 36.4 Å². The maximum Gasteiger partial charge on any atom is 0.416 e. The first-order valence-electron chi connectivity index (χ1n) is 12.9. The molecule has 1 aliphatic heterocycles. The number of alkyl halides is 3. The van der Waals surface area contributed by atoms with Crippen LogP contribution in [0.2, 0.25) is 5.02 Å². The fourth-order valence-corrected chi connectivity index (χ4v) is 5.14. The van der Waals surface area contributed by atoms with Gasteiger partial charge in [-0.2, -0.15) is 18.2 Å². The Morgan fingerprint density at radius 1 is 1.00 bits per heavy atom. The van der Waals surface area contributed by atoms with Crippen LogP contribution in [0.5, 0.6) is 0 Å². The summed E-state index contributed by atoms with van der Waals surface area (Å²) in [5.41, 5.74) is 2.29. The minimum absolute atomic E-state index is 0.126. The van der Waals surface area contributed by atoms with Crippen LogP contribution < -0.4 is 20.9 Å². The molecule has 0 spiro atoms. The zero-order chi connectivity index (χ0) is 30.4. The molecule has 8 nitrogen and oxygen atoms in total. The third-order valence-electron chi connectivity index (χ3n) is 6.19. The van der Waals surface area contributed by atoms with Crippen molar-refractivity contribution in [3.63, 3.8) is 0 Å². The van der Waals surface area contributed by atoms with Crippen molar-refractivity contribution in [2.75, 3.05) is 27.8 Å². The van der Waals surface area contributed by atoms with E-state index in [-0.39, 0.29) is 35.0 Å². The molecule has 5 amide bonds. The number of carbonyl (C=O) groups excluding carboxylic acids is 3. The standard InChI is InChI=1S/C29H27ClF3N5O3S/c1-17(2)23-12-7-20(30)15-24(23)38-25(39)16-42-28(38)37-26(40)34-14-13-18-3-8-21(9-4-18)35-27(41)36-22-10-5-19(6-11-22)29(31,32)33/h3-12,15,17H,13-14,16H2,1-2H3,(H,34,40)(H2,35,36,41)/b37-28-. The molecule has 0 atom stereocenters. The summed E-state index contributed by atoms with van der Waals surface area (Å²) in [6.45, 7) is 4.29. The second-order valence-electron chi connectivity index (χ2n) is 9.60. The summed E-state index contributed by atoms with van der Waals surface area (Å²) < 4.78 is 38.1. The number of carbonyl (C=O) groups is 3. The molecule has 220 valence electrons. The van der Waals surface area contributed by atoms with Crippen LogP contribution in [0.1, 0.15) is 36.5 Å². The summed E-state index contributed by atoms with van der Waals surface area (Å²) in [6.07, 6.45) is -3.97. The highest BCUT2D eigenvalue weighted by atomic mass is 35.5. The van der Waals surface area contributed by atoms with Gasteiger partial charge >= 0.3 is 18.2 Å². The molecule has 0 unspecified atom stereocenters. The summed E-state index contributed by atoms with van der Waals surface area (Å²) in [7, 11) is 0. The predicted octanol–water partition coefficient (Wildman–Crippen LogP) is 7.51. The molecule has 1 saturated heterocycles. The lowest BCUT2D eigenvalue weighted by molar-refractivity contribution is -0.137. The van der Waals surface area contributed by atoms with Crippen LogP contribution in [0.3, 0.4) is 0 Å². The number of amides is 5. The van der Waals surface area contributed by atoms with Gasteiger partial charge in [0.15, 0.2) is 5.17 Å². The second-order valence-corrected chi connectivity index (χ2v) is 11.0. The van der Waals surface area contributed by atoms with Gasteiger partial charge in [-0.25, -0.2) is 9.59 Å². The zero-order valence-corrected chi connectivity index (χ0v) is 24.2. The molecule has 1 fully saturated rings. The van der Waals surface area contributed by atoms with E-state index < -0.39 is 23.8 Å². The second kappa shape index (κ2) is 13.3. The lowest BCUT2D eigenvalue weighted by Crippen LogP contribution is -2.32. The van der Waals surface area contributed by atoms with Gasteiger partial charge in [-0.15, -0.1) is 0 Å². The number of rotatable bonds is 7. The summed E-state index contributed by atoms with van der Waals surface area (Å²) in [4.78, 5) is 43.0. The number of halogens is 4. The highest BCUT2D eigenvalue weighted by Gasteiger charge is 2.32. The Hall–Kier alpha value is -4.03. The van der Waals surface area contributed by atoms with Crippen molar-refractivity contribution in [2.24, 2.45) is 4.99 Å². The molecule has 1 heterocycles. The molecule has 0 saturated carbocycles. The minimum Gasteiger partial charge on any atom is -0.336 e. The van der Waals surface area contributed by atoms with E-state index in [0.717, 1.165) is 23.3 Å². The molecule has 3 N–H and O–H groups in total. The number of nitrogens with one attached hydrogen (secondary N) is 3. The molecule has 42 heavy (non-hydrogen) atoms. The van der Waals surface area contributed by atoms with Crippen molar-refractivity contribution in [1.82, 2.24) is 5.32 Å². The van der Waals surface area contributed by atoms with E-state index in [9.17, 15) is 27.6 Å². The van der Waals surface area contributed by atoms with Crippen LogP contribution >= 0.6 is 23.4 Å². The first kappa shape index (κ1) is 30.9. The third-order valence-corrected chi connectivity index (χ3v) is 7.35. The maximum absolute atomic E-state index is 12.7. The van der Waals surface area contributed by atoms with E-state index in [0.29, 0.717) is 22.8 Å². The van der Waals surface area contributed by atoms with Crippen molar-refractivity contribution < 1.29 is 27.6 Å². The van der Waals surface area contributed by atoms with Crippen molar-refractivity contribution in [3.05, 3.63) is 88.4 Å². The normalized spacial score (nSPS) is 14.4. The molecule has 4 rings (SSSR count). The summed E-state index contributed by atoms with van der Waals surface area (Å²) in [5.74, 6) is 0.108. The lowest BCUT2D eigenvalue weighted by Gasteiger charge is -2.21. The largest absolute Gasteiger partial charge is 0.416 e. The summed E-state index contributed by atoms with van der Waals surface area (Å²) in [5, 5.41) is 8.57. The Morgan fingerprint density at radius 3 is 2.21 bits per heavy atom.